The molecule has 0 amide bonds. The first-order valence-corrected chi connectivity index (χ1v) is 6.00. The van der Waals surface area contributed by atoms with Gasteiger partial charge in [-0.3, -0.25) is 10.1 Å². The lowest BCUT2D eigenvalue weighted by Crippen LogP contribution is -1.91. The van der Waals surface area contributed by atoms with Gasteiger partial charge in [0.05, 0.1) is 16.0 Å². The van der Waals surface area contributed by atoms with E-state index in [0.29, 0.717) is 10.8 Å². The number of nitrogens with zero attached hydrogens (tertiary/aromatic N) is 4. The van der Waals surface area contributed by atoms with E-state index in [2.05, 4.69) is 9.97 Å². The summed E-state index contributed by atoms with van der Waals surface area (Å²) in [6.07, 6.45) is 1.26. The number of nitro groups is 1. The Morgan fingerprint density at radius 3 is 2.83 bits per heavy atom. The molecule has 1 aromatic carbocycles. The van der Waals surface area contributed by atoms with E-state index in [1.54, 1.807) is 0 Å². The number of aromatic nitrogens is 3. The summed E-state index contributed by atoms with van der Waals surface area (Å²) in [5.41, 5.74) is 1.83. The van der Waals surface area contributed by atoms with Crippen LogP contribution in [0.4, 0.5) is 5.00 Å². The second-order valence-electron chi connectivity index (χ2n) is 3.74. The molecule has 0 unspecified atom stereocenters. The van der Waals surface area contributed by atoms with Crippen LogP contribution in [0.25, 0.3) is 21.9 Å². The summed E-state index contributed by atoms with van der Waals surface area (Å²) in [6.45, 7) is 0. The molecule has 0 radical (unpaired) electrons. The SMILES string of the molecule is Cn1c(-c2ncc([N+](=O)[O-])s2)nc2ccccc21. The molecule has 2 aromatic heterocycles. The number of benzene rings is 1. The standard InChI is InChI=1S/C11H8N4O2S/c1-14-8-5-3-2-4-7(8)13-10(14)11-12-6-9(18-11)15(16)17/h2-6H,1H3. The van der Waals surface area contributed by atoms with Gasteiger partial charge in [-0.15, -0.1) is 0 Å². The Morgan fingerprint density at radius 1 is 1.39 bits per heavy atom. The van der Waals surface area contributed by atoms with Gasteiger partial charge >= 0.3 is 5.00 Å². The molecule has 7 heteroatoms. The zero-order valence-corrected chi connectivity index (χ0v) is 10.2. The molecule has 0 fully saturated rings. The van der Waals surface area contributed by atoms with Crippen LogP contribution in [0.5, 0.6) is 0 Å². The summed E-state index contributed by atoms with van der Waals surface area (Å²) in [4.78, 5) is 18.7. The first-order chi connectivity index (χ1) is 8.66. The third kappa shape index (κ3) is 1.56. The summed E-state index contributed by atoms with van der Waals surface area (Å²) >= 11 is 1.03. The van der Waals surface area contributed by atoms with Crippen LogP contribution in [-0.4, -0.2) is 19.5 Å². The Bertz CT molecular complexity index is 746. The van der Waals surface area contributed by atoms with E-state index in [1.165, 1.54) is 6.20 Å². The zero-order valence-electron chi connectivity index (χ0n) is 9.40. The van der Waals surface area contributed by atoms with E-state index >= 15 is 0 Å². The Kier molecular flexibility index (Phi) is 2.34. The molecule has 6 nitrogen and oxygen atoms in total. The van der Waals surface area contributed by atoms with Gasteiger partial charge < -0.3 is 4.57 Å². The van der Waals surface area contributed by atoms with Crippen molar-refractivity contribution in [2.24, 2.45) is 7.05 Å². The monoisotopic (exact) mass is 260 g/mol. The Labute approximate surface area is 106 Å². The lowest BCUT2D eigenvalue weighted by Gasteiger charge is -1.96. The van der Waals surface area contributed by atoms with Gasteiger partial charge in [0.25, 0.3) is 0 Å². The lowest BCUT2D eigenvalue weighted by atomic mass is 10.3. The fourth-order valence-electron chi connectivity index (χ4n) is 1.79. The largest absolute Gasteiger partial charge is 0.344 e. The highest BCUT2D eigenvalue weighted by Gasteiger charge is 2.17. The van der Waals surface area contributed by atoms with E-state index in [4.69, 9.17) is 0 Å². The van der Waals surface area contributed by atoms with Crippen LogP contribution in [0.1, 0.15) is 0 Å². The number of thiazole rings is 1. The number of rotatable bonds is 2. The van der Waals surface area contributed by atoms with Crippen LogP contribution in [0.2, 0.25) is 0 Å². The molecule has 0 spiro atoms. The average Bonchev–Trinajstić information content (AvgIpc) is 2.95. The molecule has 0 aliphatic carbocycles. The molecule has 3 aromatic rings. The first kappa shape index (κ1) is 10.8. The van der Waals surface area contributed by atoms with Crippen molar-refractivity contribution >= 4 is 27.4 Å². The molecule has 2 heterocycles. The van der Waals surface area contributed by atoms with Crippen molar-refractivity contribution in [1.82, 2.24) is 14.5 Å². The minimum atomic E-state index is -0.441. The van der Waals surface area contributed by atoms with E-state index in [9.17, 15) is 10.1 Å². The van der Waals surface area contributed by atoms with Gasteiger partial charge in [0.15, 0.2) is 10.8 Å². The number of imidazole rings is 1. The molecular formula is C11H8N4O2S. The van der Waals surface area contributed by atoms with Crippen molar-refractivity contribution in [3.63, 3.8) is 0 Å². The van der Waals surface area contributed by atoms with Crippen LogP contribution >= 0.6 is 11.3 Å². The second kappa shape index (κ2) is 3.88. The summed E-state index contributed by atoms with van der Waals surface area (Å²) in [7, 11) is 1.87. The molecule has 0 bridgehead atoms. The molecule has 3 rings (SSSR count). The van der Waals surface area contributed by atoms with Crippen molar-refractivity contribution in [3.05, 3.63) is 40.6 Å². The Morgan fingerprint density at radius 2 is 2.17 bits per heavy atom. The molecule has 18 heavy (non-hydrogen) atoms. The van der Waals surface area contributed by atoms with Crippen molar-refractivity contribution in [3.8, 4) is 10.8 Å². The Hall–Kier alpha value is -2.28. The van der Waals surface area contributed by atoms with Gasteiger partial charge in [-0.05, 0) is 23.5 Å². The minimum absolute atomic E-state index is 0.0251. The smallest absolute Gasteiger partial charge is 0.325 e. The van der Waals surface area contributed by atoms with Crippen LogP contribution < -0.4 is 0 Å². The molecular weight excluding hydrogens is 252 g/mol. The molecule has 0 saturated heterocycles. The van der Waals surface area contributed by atoms with Crippen molar-refractivity contribution in [2.45, 2.75) is 0 Å². The highest BCUT2D eigenvalue weighted by Crippen LogP contribution is 2.30. The predicted octanol–water partition coefficient (Wildman–Crippen LogP) is 2.61. The van der Waals surface area contributed by atoms with Gasteiger partial charge in [0.2, 0.25) is 0 Å². The van der Waals surface area contributed by atoms with Crippen LogP contribution in [-0.2, 0) is 7.05 Å². The topological polar surface area (TPSA) is 73.8 Å². The summed E-state index contributed by atoms with van der Waals surface area (Å²) in [6, 6.07) is 7.69. The predicted molar refractivity (Wildman–Crippen MR) is 68.5 cm³/mol. The number of hydrogen-bond acceptors (Lipinski definition) is 5. The zero-order chi connectivity index (χ0) is 12.7. The second-order valence-corrected chi connectivity index (χ2v) is 4.75. The first-order valence-electron chi connectivity index (χ1n) is 5.19. The van der Waals surface area contributed by atoms with Crippen molar-refractivity contribution in [1.29, 1.82) is 0 Å². The molecule has 0 saturated carbocycles. The number of fused-ring (bicyclic) bond motifs is 1. The van der Waals surface area contributed by atoms with Crippen LogP contribution in [0.15, 0.2) is 30.5 Å². The number of para-hydroxylation sites is 2. The van der Waals surface area contributed by atoms with Gasteiger partial charge in [-0.2, -0.15) is 0 Å². The van der Waals surface area contributed by atoms with E-state index in [-0.39, 0.29) is 5.00 Å². The molecule has 0 aliphatic heterocycles. The number of hydrogen-bond donors (Lipinski definition) is 0. The lowest BCUT2D eigenvalue weighted by molar-refractivity contribution is -0.380. The van der Waals surface area contributed by atoms with Crippen molar-refractivity contribution < 1.29 is 4.92 Å². The quantitative estimate of drug-likeness (QED) is 0.524. The van der Waals surface area contributed by atoms with Gasteiger partial charge in [-0.1, -0.05) is 12.1 Å². The van der Waals surface area contributed by atoms with E-state index < -0.39 is 4.92 Å². The van der Waals surface area contributed by atoms with E-state index in [1.807, 2.05) is 35.9 Å². The van der Waals surface area contributed by atoms with E-state index in [0.717, 1.165) is 22.4 Å². The molecule has 0 atom stereocenters. The summed E-state index contributed by atoms with van der Waals surface area (Å²) < 4.78 is 1.89. The van der Waals surface area contributed by atoms with Crippen molar-refractivity contribution in [2.75, 3.05) is 0 Å². The maximum atomic E-state index is 10.7. The van der Waals surface area contributed by atoms with Gasteiger partial charge in [-0.25, -0.2) is 9.97 Å². The minimum Gasteiger partial charge on any atom is -0.325 e. The molecule has 0 N–H and O–H groups in total. The summed E-state index contributed by atoms with van der Waals surface area (Å²) in [5, 5.41) is 11.2. The fourth-order valence-corrected chi connectivity index (χ4v) is 2.55. The molecule has 90 valence electrons. The third-order valence-electron chi connectivity index (χ3n) is 2.65. The Balaban J connectivity index is 2.18. The van der Waals surface area contributed by atoms with Crippen LogP contribution in [0, 0.1) is 10.1 Å². The van der Waals surface area contributed by atoms with Gasteiger partial charge in [0, 0.05) is 7.05 Å². The van der Waals surface area contributed by atoms with Gasteiger partial charge in [0.1, 0.15) is 6.20 Å². The fraction of sp³-hybridized carbons (Fsp3) is 0.0909. The van der Waals surface area contributed by atoms with Crippen LogP contribution in [0.3, 0.4) is 0 Å². The molecule has 0 aliphatic rings. The normalized spacial score (nSPS) is 10.9. The summed E-state index contributed by atoms with van der Waals surface area (Å²) in [5.74, 6) is 0.648. The number of aryl methyl sites for hydroxylation is 1. The maximum absolute atomic E-state index is 10.7. The highest BCUT2D eigenvalue weighted by molar-refractivity contribution is 7.18. The average molecular weight is 260 g/mol. The highest BCUT2D eigenvalue weighted by atomic mass is 32.1. The maximum Gasteiger partial charge on any atom is 0.344 e. The third-order valence-corrected chi connectivity index (χ3v) is 3.60.